The molecule has 1 aromatic rings. The second-order valence-corrected chi connectivity index (χ2v) is 14.3. The molecule has 6 atom stereocenters. The molecular formula is C36H50O. The quantitative estimate of drug-likeness (QED) is 0.401. The molecule has 0 heterocycles. The minimum atomic E-state index is -0.489. The van der Waals surface area contributed by atoms with Crippen LogP contribution in [0.2, 0.25) is 0 Å². The van der Waals surface area contributed by atoms with E-state index in [0.717, 1.165) is 12.8 Å². The van der Waals surface area contributed by atoms with Gasteiger partial charge in [-0.3, -0.25) is 0 Å². The van der Waals surface area contributed by atoms with Gasteiger partial charge in [-0.25, -0.2) is 0 Å². The maximum atomic E-state index is 13.1. The molecular weight excluding hydrogens is 448 g/mol. The molecule has 1 heteroatoms. The number of aryl methyl sites for hydroxylation is 1. The maximum absolute atomic E-state index is 13.1. The molecule has 0 aromatic heterocycles. The topological polar surface area (TPSA) is 20.2 Å². The first-order valence-electron chi connectivity index (χ1n) is 15.5. The Morgan fingerprint density at radius 1 is 1.00 bits per heavy atom. The average Bonchev–Trinajstić information content (AvgIpc) is 3.62. The van der Waals surface area contributed by atoms with Gasteiger partial charge in [-0.2, -0.15) is 0 Å². The van der Waals surface area contributed by atoms with E-state index in [1.165, 1.54) is 93.8 Å². The van der Waals surface area contributed by atoms with Crippen LogP contribution in [0.1, 0.15) is 110 Å². The Kier molecular flexibility index (Phi) is 6.42. The van der Waals surface area contributed by atoms with Gasteiger partial charge in [0.15, 0.2) is 0 Å². The van der Waals surface area contributed by atoms with Gasteiger partial charge >= 0.3 is 0 Å². The second kappa shape index (κ2) is 9.25. The van der Waals surface area contributed by atoms with Crippen molar-refractivity contribution < 1.29 is 5.11 Å². The Labute approximate surface area is 226 Å². The first kappa shape index (κ1) is 25.7. The van der Waals surface area contributed by atoms with Gasteiger partial charge in [-0.15, -0.1) is 0 Å². The Hall–Kier alpha value is -1.60. The monoisotopic (exact) mass is 498 g/mol. The van der Waals surface area contributed by atoms with Gasteiger partial charge in [0.05, 0.1) is 5.60 Å². The molecule has 4 fully saturated rings. The molecule has 6 rings (SSSR count). The SMILES string of the molecule is C=C(C)C1CCC2(C)C(=C(C)C=CC23CCC(C2(O)C(CCc4ccccc4)CCC24CCCC4)C3)C1. The summed E-state index contributed by atoms with van der Waals surface area (Å²) in [6.07, 6.45) is 22.4. The number of hydrogen-bond donors (Lipinski definition) is 1. The fraction of sp³-hybridized carbons (Fsp3) is 0.667. The van der Waals surface area contributed by atoms with Crippen LogP contribution in [0, 0.1) is 34.0 Å². The van der Waals surface area contributed by atoms with Crippen LogP contribution < -0.4 is 0 Å². The smallest absolute Gasteiger partial charge is 0.0760 e. The molecule has 0 aliphatic heterocycles. The first-order valence-corrected chi connectivity index (χ1v) is 15.5. The molecule has 0 radical (unpaired) electrons. The van der Waals surface area contributed by atoms with Crippen molar-refractivity contribution in [1.29, 1.82) is 0 Å². The molecule has 0 amide bonds. The van der Waals surface area contributed by atoms with Crippen LogP contribution in [0.15, 0.2) is 65.8 Å². The van der Waals surface area contributed by atoms with Crippen molar-refractivity contribution in [2.24, 2.45) is 34.0 Å². The molecule has 5 aliphatic rings. The van der Waals surface area contributed by atoms with E-state index in [2.05, 4.69) is 69.8 Å². The summed E-state index contributed by atoms with van der Waals surface area (Å²) in [4.78, 5) is 0. The zero-order valence-electron chi connectivity index (χ0n) is 23.8. The Balaban J connectivity index is 1.30. The van der Waals surface area contributed by atoms with Crippen LogP contribution in [0.5, 0.6) is 0 Å². The third kappa shape index (κ3) is 3.81. The largest absolute Gasteiger partial charge is 0.389 e. The fourth-order valence-electron chi connectivity index (χ4n) is 10.5. The fourth-order valence-corrected chi connectivity index (χ4v) is 10.5. The van der Waals surface area contributed by atoms with E-state index in [0.29, 0.717) is 17.8 Å². The van der Waals surface area contributed by atoms with Crippen LogP contribution in [0.25, 0.3) is 0 Å². The van der Waals surface area contributed by atoms with Gasteiger partial charge in [0.25, 0.3) is 0 Å². The predicted octanol–water partition coefficient (Wildman–Crippen LogP) is 9.38. The highest BCUT2D eigenvalue weighted by Crippen LogP contribution is 2.70. The molecule has 6 unspecified atom stereocenters. The molecule has 0 saturated heterocycles. The van der Waals surface area contributed by atoms with Crippen LogP contribution in [-0.2, 0) is 6.42 Å². The van der Waals surface area contributed by atoms with Crippen LogP contribution >= 0.6 is 0 Å². The summed E-state index contributed by atoms with van der Waals surface area (Å²) >= 11 is 0. The van der Waals surface area contributed by atoms with Crippen molar-refractivity contribution in [3.05, 3.63) is 71.3 Å². The lowest BCUT2D eigenvalue weighted by Gasteiger charge is -2.55. The van der Waals surface area contributed by atoms with E-state index in [9.17, 15) is 5.11 Å². The van der Waals surface area contributed by atoms with Gasteiger partial charge in [0, 0.05) is 0 Å². The van der Waals surface area contributed by atoms with Crippen molar-refractivity contribution in [1.82, 2.24) is 0 Å². The Bertz CT molecular complexity index is 1090. The third-order valence-electron chi connectivity index (χ3n) is 12.8. The van der Waals surface area contributed by atoms with Gasteiger partial charge in [-0.1, -0.05) is 85.5 Å². The summed E-state index contributed by atoms with van der Waals surface area (Å²) in [5.74, 6) is 1.53. The van der Waals surface area contributed by atoms with E-state index in [1.807, 2.05) is 0 Å². The van der Waals surface area contributed by atoms with Crippen molar-refractivity contribution in [2.75, 3.05) is 0 Å². The van der Waals surface area contributed by atoms with Gasteiger partial charge < -0.3 is 5.11 Å². The normalized spacial score (nSPS) is 40.6. The standard InChI is InChI=1S/C36H50O/c1-26(2)29-15-20-33(4)32(24-29)27(3)14-21-35(33)23-17-31(25-35)36(37)30(13-12-28-10-6-5-7-11-28)16-22-34(36)18-8-9-19-34/h5-7,10-11,14,21,29-31,37H,1,8-9,12-13,15-20,22-25H2,2-4H3. The summed E-state index contributed by atoms with van der Waals surface area (Å²) in [5, 5.41) is 13.1. The van der Waals surface area contributed by atoms with E-state index in [1.54, 1.807) is 5.57 Å². The molecule has 37 heavy (non-hydrogen) atoms. The zero-order valence-corrected chi connectivity index (χ0v) is 23.8. The highest BCUT2D eigenvalue weighted by atomic mass is 16.3. The predicted molar refractivity (Wildman–Crippen MR) is 155 cm³/mol. The van der Waals surface area contributed by atoms with Gasteiger partial charge in [-0.05, 0) is 130 Å². The highest BCUT2D eigenvalue weighted by Gasteiger charge is 2.66. The molecule has 200 valence electrons. The molecule has 2 spiro atoms. The number of aliphatic hydroxyl groups is 1. The molecule has 4 saturated carbocycles. The number of fused-ring (bicyclic) bond motifs is 2. The van der Waals surface area contributed by atoms with Crippen molar-refractivity contribution >= 4 is 0 Å². The third-order valence-corrected chi connectivity index (χ3v) is 12.8. The molecule has 1 N–H and O–H groups in total. The molecule has 1 aromatic carbocycles. The number of allylic oxidation sites excluding steroid dienone is 5. The van der Waals surface area contributed by atoms with Crippen LogP contribution in [0.4, 0.5) is 0 Å². The van der Waals surface area contributed by atoms with Crippen LogP contribution in [0.3, 0.4) is 0 Å². The van der Waals surface area contributed by atoms with Crippen molar-refractivity contribution in [3.63, 3.8) is 0 Å². The second-order valence-electron chi connectivity index (χ2n) is 14.3. The van der Waals surface area contributed by atoms with Crippen molar-refractivity contribution in [2.45, 2.75) is 116 Å². The zero-order chi connectivity index (χ0) is 25.9. The molecule has 5 aliphatic carbocycles. The minimum Gasteiger partial charge on any atom is -0.389 e. The number of hydrogen-bond acceptors (Lipinski definition) is 1. The lowest BCUT2D eigenvalue weighted by Crippen LogP contribution is -2.53. The number of rotatable bonds is 5. The van der Waals surface area contributed by atoms with Crippen LogP contribution in [-0.4, -0.2) is 10.7 Å². The summed E-state index contributed by atoms with van der Waals surface area (Å²) in [6.45, 7) is 11.5. The maximum Gasteiger partial charge on any atom is 0.0760 e. The Morgan fingerprint density at radius 3 is 2.49 bits per heavy atom. The van der Waals surface area contributed by atoms with E-state index >= 15 is 0 Å². The lowest BCUT2D eigenvalue weighted by molar-refractivity contribution is -0.136. The summed E-state index contributed by atoms with van der Waals surface area (Å²) < 4.78 is 0. The molecule has 1 nitrogen and oxygen atoms in total. The average molecular weight is 499 g/mol. The Morgan fingerprint density at radius 2 is 1.76 bits per heavy atom. The van der Waals surface area contributed by atoms with E-state index in [-0.39, 0.29) is 16.2 Å². The lowest BCUT2D eigenvalue weighted by atomic mass is 9.50. The van der Waals surface area contributed by atoms with Gasteiger partial charge in [0.2, 0.25) is 0 Å². The molecule has 0 bridgehead atoms. The van der Waals surface area contributed by atoms with Crippen molar-refractivity contribution in [3.8, 4) is 0 Å². The van der Waals surface area contributed by atoms with E-state index < -0.39 is 5.60 Å². The van der Waals surface area contributed by atoms with Gasteiger partial charge in [0.1, 0.15) is 0 Å². The highest BCUT2D eigenvalue weighted by molar-refractivity contribution is 5.41. The van der Waals surface area contributed by atoms with E-state index in [4.69, 9.17) is 0 Å². The summed E-state index contributed by atoms with van der Waals surface area (Å²) in [6, 6.07) is 11.0. The summed E-state index contributed by atoms with van der Waals surface area (Å²) in [7, 11) is 0. The first-order chi connectivity index (χ1) is 17.7. The number of benzene rings is 1. The minimum absolute atomic E-state index is 0.177. The summed E-state index contributed by atoms with van der Waals surface area (Å²) in [5.41, 5.74) is 6.16.